The molecule has 218 valence electrons. The van der Waals surface area contributed by atoms with Crippen molar-refractivity contribution in [3.05, 3.63) is 131 Å². The fourth-order valence-corrected chi connectivity index (χ4v) is 5.78. The van der Waals surface area contributed by atoms with Crippen molar-refractivity contribution in [2.45, 2.75) is 30.7 Å². The molecule has 0 bridgehead atoms. The van der Waals surface area contributed by atoms with E-state index in [1.54, 1.807) is 54.6 Å². The maximum Gasteiger partial charge on any atom is 0.430 e. The van der Waals surface area contributed by atoms with Gasteiger partial charge in [0, 0.05) is 12.3 Å². The molecule has 1 aliphatic carbocycles. The third-order valence-corrected chi connectivity index (χ3v) is 7.82. The number of alkyl carbamates (subject to hydrolysis) is 1. The van der Waals surface area contributed by atoms with Crippen LogP contribution in [0.2, 0.25) is 0 Å². The van der Waals surface area contributed by atoms with Gasteiger partial charge in [0.2, 0.25) is 5.91 Å². The minimum absolute atomic E-state index is 0.0315. The molecule has 4 aromatic rings. The summed E-state index contributed by atoms with van der Waals surface area (Å²) in [7, 11) is 0. The number of carbonyl (C=O) groups excluding carboxylic acids is 2. The molecule has 1 heterocycles. The van der Waals surface area contributed by atoms with E-state index in [2.05, 4.69) is 10.3 Å². The van der Waals surface area contributed by atoms with Crippen molar-refractivity contribution in [3.8, 4) is 11.1 Å². The van der Waals surface area contributed by atoms with Crippen LogP contribution in [0.3, 0.4) is 0 Å². The molecule has 0 spiro atoms. The molecule has 2 amide bonds. The Morgan fingerprint density at radius 1 is 0.837 bits per heavy atom. The number of halogens is 3. The van der Waals surface area contributed by atoms with Crippen molar-refractivity contribution in [1.29, 1.82) is 0 Å². The summed E-state index contributed by atoms with van der Waals surface area (Å²) >= 11 is 0. The van der Waals surface area contributed by atoms with Crippen molar-refractivity contribution in [3.63, 3.8) is 0 Å². The van der Waals surface area contributed by atoms with Gasteiger partial charge in [-0.2, -0.15) is 13.2 Å². The highest BCUT2D eigenvalue weighted by Crippen LogP contribution is 2.44. The van der Waals surface area contributed by atoms with Crippen LogP contribution < -0.4 is 5.32 Å². The molecule has 1 N–H and O–H groups in total. The Morgan fingerprint density at radius 2 is 1.40 bits per heavy atom. The summed E-state index contributed by atoms with van der Waals surface area (Å²) < 4.78 is 46.9. The van der Waals surface area contributed by atoms with E-state index >= 15 is 0 Å². The Morgan fingerprint density at radius 3 is 2.00 bits per heavy atom. The second kappa shape index (κ2) is 11.8. The Bertz CT molecular complexity index is 1610. The number of amides is 2. The van der Waals surface area contributed by atoms with Crippen LogP contribution in [0.25, 0.3) is 11.1 Å². The largest absolute Gasteiger partial charge is 0.449 e. The number of benzene rings is 4. The molecule has 2 aliphatic rings. The summed E-state index contributed by atoms with van der Waals surface area (Å²) in [5, 5.41) is 2.66. The van der Waals surface area contributed by atoms with Crippen molar-refractivity contribution in [2.75, 3.05) is 13.2 Å². The highest BCUT2D eigenvalue weighted by Gasteiger charge is 2.45. The molecular weight excluding hydrogens is 555 g/mol. The van der Waals surface area contributed by atoms with Gasteiger partial charge in [-0.15, -0.1) is 0 Å². The number of carbonyl (C=O) groups is 2. The second-order valence-electron chi connectivity index (χ2n) is 10.5. The van der Waals surface area contributed by atoms with Crippen molar-refractivity contribution in [2.24, 2.45) is 4.99 Å². The maximum atomic E-state index is 13.9. The average Bonchev–Trinajstić information content (AvgIpc) is 3.61. The summed E-state index contributed by atoms with van der Waals surface area (Å²) in [4.78, 5) is 32.1. The summed E-state index contributed by atoms with van der Waals surface area (Å²) in [5.41, 5.74) is 4.34. The molecule has 4 aromatic carbocycles. The van der Waals surface area contributed by atoms with E-state index in [9.17, 15) is 22.8 Å². The van der Waals surface area contributed by atoms with Crippen LogP contribution in [0, 0.1) is 0 Å². The Hall–Kier alpha value is -4.92. The fraction of sp³-hybridized carbons (Fsp3) is 0.206. The zero-order valence-electron chi connectivity index (χ0n) is 23.0. The quantitative estimate of drug-likeness (QED) is 0.264. The van der Waals surface area contributed by atoms with Crippen LogP contribution in [-0.4, -0.2) is 48.0 Å². The first kappa shape index (κ1) is 28.2. The van der Waals surface area contributed by atoms with E-state index in [1.165, 1.54) is 0 Å². The molecule has 2 atom stereocenters. The molecule has 9 heteroatoms. The van der Waals surface area contributed by atoms with Crippen molar-refractivity contribution >= 4 is 17.7 Å². The van der Waals surface area contributed by atoms with Crippen LogP contribution in [0.1, 0.15) is 34.3 Å². The molecule has 0 saturated heterocycles. The topological polar surface area (TPSA) is 71.0 Å². The van der Waals surface area contributed by atoms with Gasteiger partial charge in [0.25, 0.3) is 0 Å². The van der Waals surface area contributed by atoms with E-state index in [1.807, 2.05) is 54.6 Å². The van der Waals surface area contributed by atoms with Crippen molar-refractivity contribution < 1.29 is 27.5 Å². The number of fused-ring (bicyclic) bond motifs is 3. The predicted octanol–water partition coefficient (Wildman–Crippen LogP) is 6.68. The van der Waals surface area contributed by atoms with E-state index < -0.39 is 42.6 Å². The summed E-state index contributed by atoms with van der Waals surface area (Å²) in [6.45, 7) is -0.691. The molecule has 6 rings (SSSR count). The van der Waals surface area contributed by atoms with Crippen LogP contribution in [0.15, 0.2) is 114 Å². The van der Waals surface area contributed by atoms with Crippen molar-refractivity contribution in [1.82, 2.24) is 10.2 Å². The molecular formula is C34H28F3N3O3. The number of rotatable bonds is 7. The molecule has 43 heavy (non-hydrogen) atoms. The summed E-state index contributed by atoms with van der Waals surface area (Å²) in [6.07, 6.45) is -6.64. The first-order valence-electron chi connectivity index (χ1n) is 13.9. The number of ether oxygens (including phenoxy) is 1. The van der Waals surface area contributed by atoms with Crippen LogP contribution >= 0.6 is 0 Å². The SMILES string of the molecule is O=C(N[C@@H](Cc1ccccc1)C(=O)N1CC(C(F)(F)F)=NC1c1ccccc1)OCC1c2ccccc2-c2ccccc21. The molecule has 0 aromatic heterocycles. The predicted molar refractivity (Wildman–Crippen MR) is 157 cm³/mol. The van der Waals surface area contributed by atoms with Crippen LogP contribution in [0.5, 0.6) is 0 Å². The van der Waals surface area contributed by atoms with Gasteiger partial charge < -0.3 is 15.0 Å². The second-order valence-corrected chi connectivity index (χ2v) is 10.5. The lowest BCUT2D eigenvalue weighted by molar-refractivity contribution is -0.134. The molecule has 1 aliphatic heterocycles. The Balaban J connectivity index is 1.23. The number of aliphatic imine (C=N–C) groups is 1. The van der Waals surface area contributed by atoms with Gasteiger partial charge >= 0.3 is 12.3 Å². The first-order valence-corrected chi connectivity index (χ1v) is 13.9. The monoisotopic (exact) mass is 583 g/mol. The summed E-state index contributed by atoms with van der Waals surface area (Å²) in [6, 6.07) is 31.9. The molecule has 0 saturated carbocycles. The number of alkyl halides is 3. The van der Waals surface area contributed by atoms with E-state index in [0.717, 1.165) is 32.7 Å². The number of nitrogens with zero attached hydrogens (tertiary/aromatic N) is 2. The highest BCUT2D eigenvalue weighted by molar-refractivity contribution is 5.98. The highest BCUT2D eigenvalue weighted by atomic mass is 19.4. The lowest BCUT2D eigenvalue weighted by Gasteiger charge is -2.28. The lowest BCUT2D eigenvalue weighted by atomic mass is 9.98. The lowest BCUT2D eigenvalue weighted by Crippen LogP contribution is -2.50. The molecule has 6 nitrogen and oxygen atoms in total. The van der Waals surface area contributed by atoms with E-state index in [4.69, 9.17) is 4.74 Å². The standard InChI is InChI=1S/C34H28F3N3O3/c35-34(36,37)30-20-40(31(39-30)23-13-5-2-6-14-23)32(41)29(19-22-11-3-1-4-12-22)38-33(42)43-21-28-26-17-9-7-15-24(26)25-16-8-10-18-27(25)28/h1-18,28-29,31H,19-21H2,(H,38,42)/t29-,31?/m0/s1. The maximum absolute atomic E-state index is 13.9. The van der Waals surface area contributed by atoms with Gasteiger partial charge in [-0.05, 0) is 33.4 Å². The average molecular weight is 584 g/mol. The molecule has 0 radical (unpaired) electrons. The number of hydrogen-bond donors (Lipinski definition) is 1. The van der Waals surface area contributed by atoms with Crippen LogP contribution in [-0.2, 0) is 16.0 Å². The third-order valence-electron chi connectivity index (χ3n) is 7.82. The van der Waals surface area contributed by atoms with Gasteiger partial charge in [0.15, 0.2) is 0 Å². The van der Waals surface area contributed by atoms with Gasteiger partial charge in [-0.1, -0.05) is 109 Å². The van der Waals surface area contributed by atoms with Gasteiger partial charge in [0.05, 0.1) is 6.54 Å². The zero-order valence-corrected chi connectivity index (χ0v) is 23.0. The smallest absolute Gasteiger partial charge is 0.430 e. The molecule has 1 unspecified atom stereocenters. The minimum atomic E-state index is -4.70. The minimum Gasteiger partial charge on any atom is -0.449 e. The zero-order chi connectivity index (χ0) is 30.0. The molecule has 0 fully saturated rings. The Kier molecular flexibility index (Phi) is 7.71. The normalized spacial score (nSPS) is 16.7. The fourth-order valence-electron chi connectivity index (χ4n) is 5.78. The van der Waals surface area contributed by atoms with Gasteiger partial charge in [-0.3, -0.25) is 9.79 Å². The van der Waals surface area contributed by atoms with E-state index in [-0.39, 0.29) is 18.9 Å². The van der Waals surface area contributed by atoms with Crippen LogP contribution in [0.4, 0.5) is 18.0 Å². The number of hydrogen-bond acceptors (Lipinski definition) is 4. The van der Waals surface area contributed by atoms with Gasteiger partial charge in [-0.25, -0.2) is 4.79 Å². The summed E-state index contributed by atoms with van der Waals surface area (Å²) in [5.74, 6) is -0.876. The first-order chi connectivity index (χ1) is 20.8. The third kappa shape index (κ3) is 5.88. The Labute approximate surface area is 246 Å². The number of nitrogens with one attached hydrogen (secondary N) is 1. The van der Waals surface area contributed by atoms with E-state index in [0.29, 0.717) is 5.56 Å². The van der Waals surface area contributed by atoms with Gasteiger partial charge in [0.1, 0.15) is 24.5 Å².